The van der Waals surface area contributed by atoms with Crippen molar-refractivity contribution in [2.45, 2.75) is 25.9 Å². The van der Waals surface area contributed by atoms with Gasteiger partial charge in [0.05, 0.1) is 0 Å². The molecule has 1 aromatic rings. The van der Waals surface area contributed by atoms with E-state index < -0.39 is 0 Å². The van der Waals surface area contributed by atoms with E-state index in [1.54, 1.807) is 0 Å². The lowest BCUT2D eigenvalue weighted by Crippen LogP contribution is -2.46. The van der Waals surface area contributed by atoms with Crippen molar-refractivity contribution in [1.82, 2.24) is 10.2 Å². The second kappa shape index (κ2) is 5.98. The molecule has 0 heterocycles. The van der Waals surface area contributed by atoms with Crippen molar-refractivity contribution in [3.8, 4) is 0 Å². The smallest absolute Gasteiger partial charge is 0.0271 e. The van der Waals surface area contributed by atoms with Crippen LogP contribution in [0.3, 0.4) is 0 Å². The van der Waals surface area contributed by atoms with Gasteiger partial charge >= 0.3 is 0 Å². The molecular formula is C13H21IN2. The van der Waals surface area contributed by atoms with E-state index in [1.807, 2.05) is 0 Å². The quantitative estimate of drug-likeness (QED) is 0.834. The van der Waals surface area contributed by atoms with Gasteiger partial charge in [0.2, 0.25) is 0 Å². The third-order valence-corrected chi connectivity index (χ3v) is 3.73. The van der Waals surface area contributed by atoms with E-state index in [2.05, 4.69) is 85.0 Å². The predicted molar refractivity (Wildman–Crippen MR) is 78.6 cm³/mol. The molecule has 3 heteroatoms. The molecule has 0 radical (unpaired) electrons. The first-order chi connectivity index (χ1) is 7.42. The minimum Gasteiger partial charge on any atom is -0.311 e. The summed E-state index contributed by atoms with van der Waals surface area (Å²) in [6.45, 7) is 6.42. The first-order valence-corrected chi connectivity index (χ1v) is 6.62. The Balaban J connectivity index is 2.39. The van der Waals surface area contributed by atoms with E-state index in [1.165, 1.54) is 9.13 Å². The van der Waals surface area contributed by atoms with Crippen LogP contribution in [0.4, 0.5) is 0 Å². The Labute approximate surface area is 113 Å². The molecule has 0 saturated carbocycles. The zero-order valence-corrected chi connectivity index (χ0v) is 12.7. The summed E-state index contributed by atoms with van der Waals surface area (Å²) >= 11 is 2.33. The van der Waals surface area contributed by atoms with Gasteiger partial charge in [0, 0.05) is 22.2 Å². The Hall–Kier alpha value is -0.130. The van der Waals surface area contributed by atoms with E-state index in [0.717, 1.165) is 13.1 Å². The molecule has 0 aliphatic heterocycles. The van der Waals surface area contributed by atoms with Crippen molar-refractivity contribution in [2.24, 2.45) is 0 Å². The van der Waals surface area contributed by atoms with E-state index in [9.17, 15) is 0 Å². The number of hydrogen-bond acceptors (Lipinski definition) is 2. The number of benzene rings is 1. The van der Waals surface area contributed by atoms with Crippen molar-refractivity contribution >= 4 is 22.6 Å². The SMILES string of the molecule is CN(C)C(C)(C)CNCc1ccc(I)cc1. The lowest BCUT2D eigenvalue weighted by atomic mass is 10.0. The molecule has 16 heavy (non-hydrogen) atoms. The summed E-state index contributed by atoms with van der Waals surface area (Å²) < 4.78 is 1.29. The summed E-state index contributed by atoms with van der Waals surface area (Å²) in [6, 6.07) is 8.65. The topological polar surface area (TPSA) is 15.3 Å². The Morgan fingerprint density at radius 1 is 1.19 bits per heavy atom. The number of rotatable bonds is 5. The summed E-state index contributed by atoms with van der Waals surface area (Å²) in [5.41, 5.74) is 1.54. The second-order valence-electron chi connectivity index (χ2n) is 4.94. The van der Waals surface area contributed by atoms with Crippen molar-refractivity contribution in [1.29, 1.82) is 0 Å². The Kier molecular flexibility index (Phi) is 5.21. The van der Waals surface area contributed by atoms with Gasteiger partial charge in [0.25, 0.3) is 0 Å². The lowest BCUT2D eigenvalue weighted by molar-refractivity contribution is 0.190. The number of likely N-dealkylation sites (N-methyl/N-ethyl adjacent to an activating group) is 1. The molecule has 2 nitrogen and oxygen atoms in total. The van der Waals surface area contributed by atoms with Gasteiger partial charge in [-0.05, 0) is 68.2 Å². The molecule has 1 N–H and O–H groups in total. The largest absolute Gasteiger partial charge is 0.311 e. The minimum atomic E-state index is 0.198. The van der Waals surface area contributed by atoms with Gasteiger partial charge in [0.1, 0.15) is 0 Å². The summed E-state index contributed by atoms with van der Waals surface area (Å²) in [5.74, 6) is 0. The Bertz CT molecular complexity index is 317. The van der Waals surface area contributed by atoms with Gasteiger partial charge in [-0.3, -0.25) is 0 Å². The second-order valence-corrected chi connectivity index (χ2v) is 6.18. The highest BCUT2D eigenvalue weighted by atomic mass is 127. The van der Waals surface area contributed by atoms with Crippen LogP contribution >= 0.6 is 22.6 Å². The van der Waals surface area contributed by atoms with Crippen molar-refractivity contribution < 1.29 is 0 Å². The number of nitrogens with zero attached hydrogens (tertiary/aromatic N) is 1. The molecule has 1 rings (SSSR count). The summed E-state index contributed by atoms with van der Waals surface area (Å²) in [6.07, 6.45) is 0. The molecule has 0 spiro atoms. The fraction of sp³-hybridized carbons (Fsp3) is 0.538. The van der Waals surface area contributed by atoms with Gasteiger partial charge in [-0.15, -0.1) is 0 Å². The predicted octanol–water partition coefficient (Wildman–Crippen LogP) is 2.72. The van der Waals surface area contributed by atoms with Crippen molar-refractivity contribution in [3.63, 3.8) is 0 Å². The highest BCUT2D eigenvalue weighted by Gasteiger charge is 2.19. The highest BCUT2D eigenvalue weighted by molar-refractivity contribution is 14.1. The summed E-state index contributed by atoms with van der Waals surface area (Å²) in [7, 11) is 4.24. The maximum absolute atomic E-state index is 3.50. The molecule has 0 bridgehead atoms. The van der Waals surface area contributed by atoms with Crippen molar-refractivity contribution in [3.05, 3.63) is 33.4 Å². The van der Waals surface area contributed by atoms with Gasteiger partial charge in [-0.25, -0.2) is 0 Å². The van der Waals surface area contributed by atoms with E-state index in [-0.39, 0.29) is 5.54 Å². The molecule has 0 saturated heterocycles. The van der Waals surface area contributed by atoms with Gasteiger partial charge in [-0.1, -0.05) is 12.1 Å². The van der Waals surface area contributed by atoms with E-state index in [4.69, 9.17) is 0 Å². The fourth-order valence-electron chi connectivity index (χ4n) is 1.27. The van der Waals surface area contributed by atoms with Crippen LogP contribution < -0.4 is 5.32 Å². The lowest BCUT2D eigenvalue weighted by Gasteiger charge is -2.32. The summed E-state index contributed by atoms with van der Waals surface area (Å²) in [4.78, 5) is 2.24. The average Bonchev–Trinajstić information content (AvgIpc) is 2.20. The van der Waals surface area contributed by atoms with Gasteiger partial charge in [0.15, 0.2) is 0 Å². The highest BCUT2D eigenvalue weighted by Crippen LogP contribution is 2.09. The third kappa shape index (κ3) is 4.39. The fourth-order valence-corrected chi connectivity index (χ4v) is 1.63. The van der Waals surface area contributed by atoms with Crippen LogP contribution in [0.5, 0.6) is 0 Å². The van der Waals surface area contributed by atoms with Crippen LogP contribution in [0.15, 0.2) is 24.3 Å². The Morgan fingerprint density at radius 3 is 2.25 bits per heavy atom. The number of halogens is 1. The molecule has 0 aromatic heterocycles. The third-order valence-electron chi connectivity index (χ3n) is 3.01. The van der Waals surface area contributed by atoms with Crippen LogP contribution in [0, 0.1) is 3.57 Å². The molecule has 90 valence electrons. The maximum atomic E-state index is 3.50. The molecule has 0 aliphatic rings. The van der Waals surface area contributed by atoms with Crippen LogP contribution in [-0.2, 0) is 6.54 Å². The van der Waals surface area contributed by atoms with Crippen LogP contribution in [0.25, 0.3) is 0 Å². The average molecular weight is 332 g/mol. The molecule has 0 unspecified atom stereocenters. The maximum Gasteiger partial charge on any atom is 0.0271 e. The molecule has 0 atom stereocenters. The molecule has 0 fully saturated rings. The minimum absolute atomic E-state index is 0.198. The molecular weight excluding hydrogens is 311 g/mol. The zero-order valence-electron chi connectivity index (χ0n) is 10.5. The number of hydrogen-bond donors (Lipinski definition) is 1. The number of nitrogens with one attached hydrogen (secondary N) is 1. The summed E-state index contributed by atoms with van der Waals surface area (Å²) in [5, 5.41) is 3.50. The monoisotopic (exact) mass is 332 g/mol. The first kappa shape index (κ1) is 13.9. The zero-order chi connectivity index (χ0) is 12.2. The van der Waals surface area contributed by atoms with Crippen molar-refractivity contribution in [2.75, 3.05) is 20.6 Å². The van der Waals surface area contributed by atoms with Crippen LogP contribution in [0.1, 0.15) is 19.4 Å². The normalized spacial score (nSPS) is 12.1. The van der Waals surface area contributed by atoms with Gasteiger partial charge < -0.3 is 10.2 Å². The van der Waals surface area contributed by atoms with Crippen LogP contribution in [0.2, 0.25) is 0 Å². The first-order valence-electron chi connectivity index (χ1n) is 5.54. The van der Waals surface area contributed by atoms with E-state index in [0.29, 0.717) is 0 Å². The molecule has 1 aromatic carbocycles. The Morgan fingerprint density at radius 2 is 1.75 bits per heavy atom. The molecule has 0 amide bonds. The molecule has 0 aliphatic carbocycles. The van der Waals surface area contributed by atoms with E-state index >= 15 is 0 Å². The standard InChI is InChI=1S/C13H21IN2/c1-13(2,16(3)4)10-15-9-11-5-7-12(14)8-6-11/h5-8,15H,9-10H2,1-4H3. The van der Waals surface area contributed by atoms with Crippen LogP contribution in [-0.4, -0.2) is 31.1 Å². The van der Waals surface area contributed by atoms with Gasteiger partial charge in [-0.2, -0.15) is 0 Å².